The van der Waals surface area contributed by atoms with Crippen LogP contribution in [-0.2, 0) is 10.5 Å². The Hall–Kier alpha value is -1.49. The highest BCUT2D eigenvalue weighted by Crippen LogP contribution is 2.23. The van der Waals surface area contributed by atoms with E-state index < -0.39 is 0 Å². The van der Waals surface area contributed by atoms with Crippen LogP contribution in [-0.4, -0.2) is 41.5 Å². The first-order valence-electron chi connectivity index (χ1n) is 5.52. The number of carbonyl (C=O) groups is 2. The maximum Gasteiger partial charge on any atom is 0.232 e. The lowest BCUT2D eigenvalue weighted by Gasteiger charge is -2.10. The van der Waals surface area contributed by atoms with Gasteiger partial charge in [0.1, 0.15) is 5.75 Å². The zero-order chi connectivity index (χ0) is 13.7. The zero-order valence-corrected chi connectivity index (χ0v) is 11.6. The molecule has 0 unspecified atom stereocenters. The number of carbonyl (C=O) groups excluding carboxylic acids is 2. The molecule has 0 saturated heterocycles. The van der Waals surface area contributed by atoms with E-state index in [9.17, 15) is 14.7 Å². The lowest BCUT2D eigenvalue weighted by Crippen LogP contribution is -2.23. The second kappa shape index (κ2) is 6.44. The summed E-state index contributed by atoms with van der Waals surface area (Å²) >= 11 is 1.41. The van der Waals surface area contributed by atoms with E-state index in [4.69, 9.17) is 0 Å². The normalized spacial score (nSPS) is 10.2. The molecule has 98 valence electrons. The fourth-order valence-electron chi connectivity index (χ4n) is 1.30. The minimum absolute atomic E-state index is 0.0298. The summed E-state index contributed by atoms with van der Waals surface area (Å²) in [6.07, 6.45) is 0. The van der Waals surface area contributed by atoms with E-state index in [0.717, 1.165) is 0 Å². The van der Waals surface area contributed by atoms with E-state index in [1.165, 1.54) is 29.7 Å². The van der Waals surface area contributed by atoms with Gasteiger partial charge in [0.05, 0.1) is 5.75 Å². The number of rotatable bonds is 5. The number of phenolic OH excluding ortho intramolecular Hbond substituents is 1. The molecule has 0 atom stereocenters. The molecule has 1 rings (SSSR count). The number of hydrogen-bond acceptors (Lipinski definition) is 4. The van der Waals surface area contributed by atoms with Gasteiger partial charge in [-0.05, 0) is 25.1 Å². The molecule has 0 aliphatic carbocycles. The first kappa shape index (κ1) is 14.6. The topological polar surface area (TPSA) is 57.6 Å². The summed E-state index contributed by atoms with van der Waals surface area (Å²) in [4.78, 5) is 24.1. The lowest BCUT2D eigenvalue weighted by atomic mass is 10.1. The van der Waals surface area contributed by atoms with Crippen LogP contribution in [0.1, 0.15) is 22.8 Å². The van der Waals surface area contributed by atoms with Gasteiger partial charge in [-0.25, -0.2) is 0 Å². The minimum Gasteiger partial charge on any atom is -0.508 e. The van der Waals surface area contributed by atoms with Crippen molar-refractivity contribution in [3.8, 4) is 5.75 Å². The van der Waals surface area contributed by atoms with E-state index in [0.29, 0.717) is 22.6 Å². The van der Waals surface area contributed by atoms with Gasteiger partial charge >= 0.3 is 0 Å². The first-order chi connectivity index (χ1) is 8.41. The van der Waals surface area contributed by atoms with Crippen molar-refractivity contribution >= 4 is 23.5 Å². The highest BCUT2D eigenvalue weighted by Gasteiger charge is 2.08. The number of hydrogen-bond donors (Lipinski definition) is 1. The number of ketones is 1. The molecule has 1 aromatic rings. The maximum absolute atomic E-state index is 11.4. The molecule has 0 aromatic heterocycles. The Labute approximate surface area is 111 Å². The van der Waals surface area contributed by atoms with Gasteiger partial charge in [-0.3, -0.25) is 9.59 Å². The molecular formula is C13H17NO3S. The van der Waals surface area contributed by atoms with Gasteiger partial charge in [0.15, 0.2) is 5.78 Å². The van der Waals surface area contributed by atoms with Crippen molar-refractivity contribution in [3.63, 3.8) is 0 Å². The number of aromatic hydroxyl groups is 1. The van der Waals surface area contributed by atoms with Crippen LogP contribution in [0.2, 0.25) is 0 Å². The number of amides is 1. The average Bonchev–Trinajstić information content (AvgIpc) is 2.30. The van der Waals surface area contributed by atoms with Gasteiger partial charge < -0.3 is 10.0 Å². The lowest BCUT2D eigenvalue weighted by molar-refractivity contribution is -0.125. The highest BCUT2D eigenvalue weighted by atomic mass is 32.2. The molecule has 5 heteroatoms. The van der Waals surface area contributed by atoms with E-state index in [-0.39, 0.29) is 17.4 Å². The van der Waals surface area contributed by atoms with Gasteiger partial charge in [0, 0.05) is 31.0 Å². The second-order valence-corrected chi connectivity index (χ2v) is 5.17. The smallest absolute Gasteiger partial charge is 0.232 e. The standard InChI is InChI=1S/C13H17NO3S/c1-9(15)10-4-5-12(16)11(6-10)7-18-8-13(17)14(2)3/h4-6,16H,7-8H2,1-3H3. The summed E-state index contributed by atoms with van der Waals surface area (Å²) in [5.41, 5.74) is 1.25. The molecule has 0 radical (unpaired) electrons. The minimum atomic E-state index is -0.0365. The van der Waals surface area contributed by atoms with Crippen molar-refractivity contribution in [1.82, 2.24) is 4.90 Å². The molecule has 0 fully saturated rings. The van der Waals surface area contributed by atoms with Crippen LogP contribution in [0.25, 0.3) is 0 Å². The predicted molar refractivity (Wildman–Crippen MR) is 73.0 cm³/mol. The van der Waals surface area contributed by atoms with Crippen LogP contribution in [0, 0.1) is 0 Å². The third-order valence-corrected chi connectivity index (χ3v) is 3.43. The van der Waals surface area contributed by atoms with E-state index in [1.54, 1.807) is 26.2 Å². The molecule has 0 spiro atoms. The number of phenols is 1. The van der Waals surface area contributed by atoms with Crippen molar-refractivity contribution in [2.45, 2.75) is 12.7 Å². The van der Waals surface area contributed by atoms with Crippen LogP contribution >= 0.6 is 11.8 Å². The Bertz CT molecular complexity index is 458. The first-order valence-corrected chi connectivity index (χ1v) is 6.68. The second-order valence-electron chi connectivity index (χ2n) is 4.18. The zero-order valence-electron chi connectivity index (χ0n) is 10.8. The van der Waals surface area contributed by atoms with Gasteiger partial charge in [-0.15, -0.1) is 11.8 Å². The third-order valence-electron chi connectivity index (χ3n) is 2.47. The van der Waals surface area contributed by atoms with Gasteiger partial charge in [0.2, 0.25) is 5.91 Å². The largest absolute Gasteiger partial charge is 0.508 e. The monoisotopic (exact) mass is 267 g/mol. The molecule has 18 heavy (non-hydrogen) atoms. The fourth-order valence-corrected chi connectivity index (χ4v) is 2.28. The molecular weight excluding hydrogens is 250 g/mol. The molecule has 4 nitrogen and oxygen atoms in total. The summed E-state index contributed by atoms with van der Waals surface area (Å²) in [6.45, 7) is 1.48. The number of thioether (sulfide) groups is 1. The summed E-state index contributed by atoms with van der Waals surface area (Å²) < 4.78 is 0. The summed E-state index contributed by atoms with van der Waals surface area (Å²) in [7, 11) is 3.41. The molecule has 1 amide bonds. The molecule has 0 aliphatic heterocycles. The van der Waals surface area contributed by atoms with Crippen molar-refractivity contribution in [1.29, 1.82) is 0 Å². The van der Waals surface area contributed by atoms with Crippen LogP contribution in [0.5, 0.6) is 5.75 Å². The number of benzene rings is 1. The Morgan fingerprint density at radius 1 is 1.33 bits per heavy atom. The Morgan fingerprint density at radius 3 is 2.56 bits per heavy atom. The van der Waals surface area contributed by atoms with Gasteiger partial charge in [-0.2, -0.15) is 0 Å². The maximum atomic E-state index is 11.4. The van der Waals surface area contributed by atoms with Crippen LogP contribution in [0.4, 0.5) is 0 Å². The Kier molecular flexibility index (Phi) is 5.22. The van der Waals surface area contributed by atoms with Crippen molar-refractivity contribution < 1.29 is 14.7 Å². The van der Waals surface area contributed by atoms with Crippen LogP contribution < -0.4 is 0 Å². The number of Topliss-reactive ketones (excluding diaryl/α,β-unsaturated/α-hetero) is 1. The Balaban J connectivity index is 2.64. The quantitative estimate of drug-likeness (QED) is 0.828. The van der Waals surface area contributed by atoms with Crippen molar-refractivity contribution in [2.75, 3.05) is 19.8 Å². The van der Waals surface area contributed by atoms with E-state index >= 15 is 0 Å². The van der Waals surface area contributed by atoms with Crippen molar-refractivity contribution in [2.24, 2.45) is 0 Å². The SMILES string of the molecule is CC(=O)c1ccc(O)c(CSCC(=O)N(C)C)c1. The Morgan fingerprint density at radius 2 is 2.00 bits per heavy atom. The van der Waals surface area contributed by atoms with Gasteiger partial charge in [-0.1, -0.05) is 0 Å². The predicted octanol–water partition coefficient (Wildman–Crippen LogP) is 1.92. The van der Waals surface area contributed by atoms with Crippen LogP contribution in [0.3, 0.4) is 0 Å². The van der Waals surface area contributed by atoms with Crippen LogP contribution in [0.15, 0.2) is 18.2 Å². The summed E-state index contributed by atoms with van der Waals surface area (Å²) in [6, 6.07) is 4.78. The van der Waals surface area contributed by atoms with E-state index in [2.05, 4.69) is 0 Å². The fraction of sp³-hybridized carbons (Fsp3) is 0.385. The number of nitrogens with zero attached hydrogens (tertiary/aromatic N) is 1. The van der Waals surface area contributed by atoms with Crippen molar-refractivity contribution in [3.05, 3.63) is 29.3 Å². The van der Waals surface area contributed by atoms with E-state index in [1.807, 2.05) is 0 Å². The molecule has 0 aliphatic rings. The third kappa shape index (κ3) is 4.07. The highest BCUT2D eigenvalue weighted by molar-refractivity contribution is 7.99. The summed E-state index contributed by atoms with van der Waals surface area (Å²) in [5, 5.41) is 9.67. The van der Waals surface area contributed by atoms with Gasteiger partial charge in [0.25, 0.3) is 0 Å². The molecule has 0 saturated carbocycles. The average molecular weight is 267 g/mol. The molecule has 0 heterocycles. The molecule has 1 aromatic carbocycles. The molecule has 0 bridgehead atoms. The molecule has 1 N–H and O–H groups in total. The summed E-state index contributed by atoms with van der Waals surface area (Å²) in [5.74, 6) is 1.01.